The summed E-state index contributed by atoms with van der Waals surface area (Å²) in [7, 11) is 0. The van der Waals surface area contributed by atoms with Crippen molar-refractivity contribution in [3.63, 3.8) is 0 Å². The van der Waals surface area contributed by atoms with Gasteiger partial charge in [0.15, 0.2) is 0 Å². The quantitative estimate of drug-likeness (QED) is 0.907. The lowest BCUT2D eigenvalue weighted by molar-refractivity contribution is 0.176. The van der Waals surface area contributed by atoms with Crippen molar-refractivity contribution in [2.24, 2.45) is 5.73 Å². The van der Waals surface area contributed by atoms with Crippen LogP contribution in [0.5, 0.6) is 0 Å². The zero-order chi connectivity index (χ0) is 13.0. The van der Waals surface area contributed by atoms with Crippen LogP contribution in [0.25, 0.3) is 0 Å². The third-order valence-electron chi connectivity index (χ3n) is 3.59. The van der Waals surface area contributed by atoms with E-state index in [0.29, 0.717) is 11.3 Å². The van der Waals surface area contributed by atoms with E-state index in [1.54, 1.807) is 0 Å². The molecule has 1 aromatic heterocycles. The minimum absolute atomic E-state index is 0.197. The fourth-order valence-electron chi connectivity index (χ4n) is 2.61. The Morgan fingerprint density at radius 3 is 2.83 bits per heavy atom. The van der Waals surface area contributed by atoms with Gasteiger partial charge < -0.3 is 5.73 Å². The van der Waals surface area contributed by atoms with Gasteiger partial charge in [-0.3, -0.25) is 9.88 Å². The van der Waals surface area contributed by atoms with Crippen LogP contribution in [0, 0.1) is 0 Å². The van der Waals surface area contributed by atoms with Crippen LogP contribution in [-0.2, 0) is 0 Å². The lowest BCUT2D eigenvalue weighted by atomic mass is 9.97. The smallest absolute Gasteiger partial charge is 0.0500 e. The van der Waals surface area contributed by atoms with Crippen molar-refractivity contribution >= 4 is 11.8 Å². The van der Waals surface area contributed by atoms with Crippen LogP contribution in [0.4, 0.5) is 0 Å². The van der Waals surface area contributed by atoms with Gasteiger partial charge in [0, 0.05) is 42.5 Å². The Bertz CT molecular complexity index is 357. The monoisotopic (exact) mass is 265 g/mol. The minimum Gasteiger partial charge on any atom is -0.326 e. The largest absolute Gasteiger partial charge is 0.326 e. The molecule has 0 spiro atoms. The van der Waals surface area contributed by atoms with E-state index in [1.807, 2.05) is 12.4 Å². The van der Waals surface area contributed by atoms with Crippen LogP contribution in [0.1, 0.15) is 31.9 Å². The van der Waals surface area contributed by atoms with E-state index in [4.69, 9.17) is 5.73 Å². The predicted octanol–water partition coefficient (Wildman–Crippen LogP) is 2.30. The maximum atomic E-state index is 6.36. The molecule has 4 heteroatoms. The molecule has 0 radical (unpaired) electrons. The van der Waals surface area contributed by atoms with Crippen LogP contribution in [0.2, 0.25) is 0 Å². The van der Waals surface area contributed by atoms with Crippen LogP contribution >= 0.6 is 11.8 Å². The van der Waals surface area contributed by atoms with Gasteiger partial charge in [-0.2, -0.15) is 11.8 Å². The summed E-state index contributed by atoms with van der Waals surface area (Å²) in [5.74, 6) is 1.21. The second-order valence-corrected chi connectivity index (χ2v) is 6.52. The van der Waals surface area contributed by atoms with E-state index in [2.05, 4.69) is 47.6 Å². The molecule has 2 heterocycles. The third kappa shape index (κ3) is 3.25. The molecule has 0 amide bonds. The molecule has 2 N–H and O–H groups in total. The molecular formula is C14H23N3S. The third-order valence-corrected chi connectivity index (χ3v) is 4.73. The van der Waals surface area contributed by atoms with E-state index in [9.17, 15) is 0 Å². The summed E-state index contributed by atoms with van der Waals surface area (Å²) >= 11 is 2.06. The average Bonchev–Trinajstić information content (AvgIpc) is 2.40. The zero-order valence-corrected chi connectivity index (χ0v) is 12.1. The van der Waals surface area contributed by atoms with Gasteiger partial charge in [-0.05, 0) is 24.1 Å². The molecule has 1 saturated heterocycles. The molecule has 2 rings (SSSR count). The van der Waals surface area contributed by atoms with Crippen molar-refractivity contribution in [2.45, 2.75) is 37.6 Å². The maximum Gasteiger partial charge on any atom is 0.0500 e. The van der Waals surface area contributed by atoms with Crippen molar-refractivity contribution in [1.29, 1.82) is 0 Å². The summed E-state index contributed by atoms with van der Waals surface area (Å²) in [4.78, 5) is 6.66. The van der Waals surface area contributed by atoms with Gasteiger partial charge in [-0.25, -0.2) is 0 Å². The number of hydrogen-bond acceptors (Lipinski definition) is 4. The molecule has 1 aliphatic rings. The molecule has 18 heavy (non-hydrogen) atoms. The number of nitrogens with two attached hydrogens (primary N) is 1. The van der Waals surface area contributed by atoms with Crippen molar-refractivity contribution in [3.05, 3.63) is 30.1 Å². The van der Waals surface area contributed by atoms with E-state index >= 15 is 0 Å². The average molecular weight is 265 g/mol. The molecule has 1 aromatic rings. The van der Waals surface area contributed by atoms with Crippen molar-refractivity contribution in [3.8, 4) is 0 Å². The molecule has 0 aliphatic carbocycles. The molecule has 0 aromatic carbocycles. The molecule has 100 valence electrons. The van der Waals surface area contributed by atoms with Gasteiger partial charge in [-0.1, -0.05) is 13.8 Å². The Hall–Kier alpha value is -0.580. The summed E-state index contributed by atoms with van der Waals surface area (Å²) in [6, 6.07) is 4.74. The van der Waals surface area contributed by atoms with Crippen LogP contribution in [0.3, 0.4) is 0 Å². The summed E-state index contributed by atoms with van der Waals surface area (Å²) in [6.45, 7) is 6.74. The normalized spacial score (nSPS) is 24.7. The van der Waals surface area contributed by atoms with E-state index in [-0.39, 0.29) is 6.04 Å². The summed E-state index contributed by atoms with van der Waals surface area (Å²) in [6.07, 6.45) is 4.74. The Morgan fingerprint density at radius 1 is 1.50 bits per heavy atom. The molecular weight excluding hydrogens is 242 g/mol. The van der Waals surface area contributed by atoms with Crippen LogP contribution in [0.15, 0.2) is 24.5 Å². The van der Waals surface area contributed by atoms with Crippen molar-refractivity contribution < 1.29 is 0 Å². The molecule has 0 saturated carbocycles. The molecule has 1 aliphatic heterocycles. The highest BCUT2D eigenvalue weighted by Crippen LogP contribution is 2.29. The summed E-state index contributed by atoms with van der Waals surface area (Å²) in [5.41, 5.74) is 7.66. The lowest BCUT2D eigenvalue weighted by Crippen LogP contribution is -2.46. The second-order valence-electron chi connectivity index (χ2n) is 4.97. The molecule has 3 unspecified atom stereocenters. The first-order chi connectivity index (χ1) is 8.72. The number of thioether (sulfide) groups is 1. The number of nitrogens with zero attached hydrogens (tertiary/aromatic N) is 2. The standard InChI is InChI=1S/C14H23N3S/c1-3-13(15)14(12-4-6-16-7-5-12)17-8-9-18-11(2)10-17/h4-7,11,13-14H,3,8-10,15H2,1-2H3. The van der Waals surface area contributed by atoms with Gasteiger partial charge in [0.2, 0.25) is 0 Å². The SMILES string of the molecule is CCC(N)C(c1ccncc1)N1CCSC(C)C1. The zero-order valence-electron chi connectivity index (χ0n) is 11.2. The molecule has 1 fully saturated rings. The first-order valence-electron chi connectivity index (χ1n) is 6.73. The first-order valence-corrected chi connectivity index (χ1v) is 7.78. The molecule has 0 bridgehead atoms. The predicted molar refractivity (Wildman–Crippen MR) is 78.7 cm³/mol. The van der Waals surface area contributed by atoms with Gasteiger partial charge >= 0.3 is 0 Å². The Kier molecular flexibility index (Phi) is 5.03. The Morgan fingerprint density at radius 2 is 2.22 bits per heavy atom. The number of pyridine rings is 1. The highest BCUT2D eigenvalue weighted by atomic mass is 32.2. The summed E-state index contributed by atoms with van der Waals surface area (Å²) in [5, 5.41) is 0.701. The number of hydrogen-bond donors (Lipinski definition) is 1. The summed E-state index contributed by atoms with van der Waals surface area (Å²) < 4.78 is 0. The minimum atomic E-state index is 0.197. The van der Waals surface area contributed by atoms with E-state index < -0.39 is 0 Å². The number of rotatable bonds is 4. The van der Waals surface area contributed by atoms with Crippen molar-refractivity contribution in [1.82, 2.24) is 9.88 Å². The molecule has 3 nitrogen and oxygen atoms in total. The van der Waals surface area contributed by atoms with Crippen LogP contribution < -0.4 is 5.73 Å². The Balaban J connectivity index is 2.20. The van der Waals surface area contributed by atoms with Gasteiger partial charge in [0.25, 0.3) is 0 Å². The highest BCUT2D eigenvalue weighted by Gasteiger charge is 2.28. The highest BCUT2D eigenvalue weighted by molar-refractivity contribution is 7.99. The maximum absolute atomic E-state index is 6.36. The topological polar surface area (TPSA) is 42.1 Å². The second kappa shape index (κ2) is 6.55. The van der Waals surface area contributed by atoms with Gasteiger partial charge in [0.1, 0.15) is 0 Å². The van der Waals surface area contributed by atoms with Crippen molar-refractivity contribution in [2.75, 3.05) is 18.8 Å². The van der Waals surface area contributed by atoms with E-state index in [1.165, 1.54) is 11.3 Å². The molecule has 3 atom stereocenters. The van der Waals surface area contributed by atoms with Gasteiger partial charge in [-0.15, -0.1) is 0 Å². The van der Waals surface area contributed by atoms with Crippen LogP contribution in [-0.4, -0.2) is 40.0 Å². The van der Waals surface area contributed by atoms with Gasteiger partial charge in [0.05, 0.1) is 6.04 Å². The first kappa shape index (κ1) is 13.8. The number of aromatic nitrogens is 1. The fraction of sp³-hybridized carbons (Fsp3) is 0.643. The Labute approximate surface area is 114 Å². The lowest BCUT2D eigenvalue weighted by Gasteiger charge is -2.39. The van der Waals surface area contributed by atoms with E-state index in [0.717, 1.165) is 19.5 Å². The fourth-order valence-corrected chi connectivity index (χ4v) is 3.65.